The van der Waals surface area contributed by atoms with E-state index in [4.69, 9.17) is 0 Å². The summed E-state index contributed by atoms with van der Waals surface area (Å²) in [6, 6.07) is 10.9. The first-order valence-corrected chi connectivity index (χ1v) is 7.96. The minimum Gasteiger partial charge on any atom is -0.312 e. The molecule has 0 aliphatic carbocycles. The van der Waals surface area contributed by atoms with Crippen LogP contribution in [0.15, 0.2) is 36.5 Å². The number of pyridine rings is 1. The standard InChI is InChI=1S/C16H22N2S/c1-12(2)10-19-11-16(17-3)14-6-4-8-15-13(14)7-5-9-18-15/h4-9,12,16-17H,10-11H2,1-3H3. The minimum atomic E-state index is 0.386. The largest absolute Gasteiger partial charge is 0.312 e. The van der Waals surface area contributed by atoms with E-state index in [1.165, 1.54) is 16.7 Å². The van der Waals surface area contributed by atoms with Gasteiger partial charge >= 0.3 is 0 Å². The molecule has 1 N–H and O–H groups in total. The Hall–Kier alpha value is -1.06. The van der Waals surface area contributed by atoms with Gasteiger partial charge in [-0.1, -0.05) is 32.0 Å². The minimum absolute atomic E-state index is 0.386. The molecule has 2 aromatic rings. The third kappa shape index (κ3) is 3.71. The number of hydrogen-bond acceptors (Lipinski definition) is 3. The second-order valence-corrected chi connectivity index (χ2v) is 6.26. The Kier molecular flexibility index (Phi) is 5.23. The number of benzene rings is 1. The van der Waals surface area contributed by atoms with Gasteiger partial charge in [-0.25, -0.2) is 0 Å². The molecule has 2 rings (SSSR count). The maximum Gasteiger partial charge on any atom is 0.0705 e. The van der Waals surface area contributed by atoms with Crippen molar-refractivity contribution in [3.63, 3.8) is 0 Å². The number of thioether (sulfide) groups is 1. The first kappa shape index (κ1) is 14.4. The van der Waals surface area contributed by atoms with Gasteiger partial charge in [0, 0.05) is 23.4 Å². The summed E-state index contributed by atoms with van der Waals surface area (Å²) in [6.45, 7) is 4.53. The normalized spacial score (nSPS) is 13.1. The van der Waals surface area contributed by atoms with Crippen LogP contribution in [0.1, 0.15) is 25.5 Å². The lowest BCUT2D eigenvalue weighted by molar-refractivity contribution is 0.664. The van der Waals surface area contributed by atoms with Crippen LogP contribution in [-0.2, 0) is 0 Å². The quantitative estimate of drug-likeness (QED) is 0.865. The lowest BCUT2D eigenvalue weighted by atomic mass is 10.0. The Balaban J connectivity index is 2.20. The van der Waals surface area contributed by atoms with E-state index in [9.17, 15) is 0 Å². The highest BCUT2D eigenvalue weighted by atomic mass is 32.2. The number of rotatable bonds is 6. The van der Waals surface area contributed by atoms with Crippen LogP contribution in [0.25, 0.3) is 10.9 Å². The van der Waals surface area contributed by atoms with E-state index in [1.807, 2.05) is 31.1 Å². The van der Waals surface area contributed by atoms with Crippen molar-refractivity contribution in [2.45, 2.75) is 19.9 Å². The summed E-state index contributed by atoms with van der Waals surface area (Å²) in [4.78, 5) is 4.43. The highest BCUT2D eigenvalue weighted by molar-refractivity contribution is 7.99. The molecule has 2 nitrogen and oxygen atoms in total. The molecule has 102 valence electrons. The average molecular weight is 274 g/mol. The van der Waals surface area contributed by atoms with Gasteiger partial charge in [-0.3, -0.25) is 4.98 Å². The zero-order valence-corrected chi connectivity index (χ0v) is 12.7. The zero-order valence-electron chi connectivity index (χ0n) is 11.9. The monoisotopic (exact) mass is 274 g/mol. The Bertz CT molecular complexity index is 520. The van der Waals surface area contributed by atoms with Crippen LogP contribution >= 0.6 is 11.8 Å². The van der Waals surface area contributed by atoms with Crippen LogP contribution < -0.4 is 5.32 Å². The van der Waals surface area contributed by atoms with Gasteiger partial charge in [-0.05, 0) is 36.4 Å². The molecule has 3 heteroatoms. The number of aromatic nitrogens is 1. The van der Waals surface area contributed by atoms with Crippen LogP contribution in [-0.4, -0.2) is 23.5 Å². The Labute approximate surface area is 120 Å². The number of fused-ring (bicyclic) bond motifs is 1. The molecule has 1 atom stereocenters. The molecule has 19 heavy (non-hydrogen) atoms. The van der Waals surface area contributed by atoms with E-state index >= 15 is 0 Å². The highest BCUT2D eigenvalue weighted by Crippen LogP contribution is 2.26. The predicted octanol–water partition coefficient (Wildman–Crippen LogP) is 3.88. The van der Waals surface area contributed by atoms with Gasteiger partial charge in [-0.2, -0.15) is 11.8 Å². The second kappa shape index (κ2) is 6.92. The summed E-state index contributed by atoms with van der Waals surface area (Å²) in [5.74, 6) is 3.06. The molecule has 0 aliphatic heterocycles. The van der Waals surface area contributed by atoms with Gasteiger partial charge in [0.2, 0.25) is 0 Å². The van der Waals surface area contributed by atoms with E-state index < -0.39 is 0 Å². The van der Waals surface area contributed by atoms with E-state index in [-0.39, 0.29) is 0 Å². The number of nitrogens with one attached hydrogen (secondary N) is 1. The summed E-state index contributed by atoms with van der Waals surface area (Å²) in [5.41, 5.74) is 2.43. The lowest BCUT2D eigenvalue weighted by Crippen LogP contribution is -2.19. The van der Waals surface area contributed by atoms with Gasteiger partial charge in [0.05, 0.1) is 5.52 Å². The second-order valence-electron chi connectivity index (χ2n) is 5.19. The van der Waals surface area contributed by atoms with Crippen LogP contribution in [0.3, 0.4) is 0 Å². The fourth-order valence-corrected chi connectivity index (χ4v) is 3.37. The maximum absolute atomic E-state index is 4.43. The van der Waals surface area contributed by atoms with Gasteiger partial charge in [0.1, 0.15) is 0 Å². The first-order valence-electron chi connectivity index (χ1n) is 6.81. The third-order valence-electron chi connectivity index (χ3n) is 3.14. The summed E-state index contributed by atoms with van der Waals surface area (Å²) >= 11 is 2.01. The molecule has 1 aromatic heterocycles. The zero-order chi connectivity index (χ0) is 13.7. The average Bonchev–Trinajstić information content (AvgIpc) is 2.43. The van der Waals surface area contributed by atoms with Crippen LogP contribution in [0, 0.1) is 5.92 Å². The summed E-state index contributed by atoms with van der Waals surface area (Å²) in [5, 5.41) is 4.69. The van der Waals surface area contributed by atoms with Crippen molar-refractivity contribution >= 4 is 22.7 Å². The van der Waals surface area contributed by atoms with Crippen molar-refractivity contribution in [1.82, 2.24) is 10.3 Å². The summed E-state index contributed by atoms with van der Waals surface area (Å²) in [6.07, 6.45) is 1.86. The molecule has 0 bridgehead atoms. The maximum atomic E-state index is 4.43. The molecule has 0 saturated heterocycles. The van der Waals surface area contributed by atoms with Crippen molar-refractivity contribution in [3.05, 3.63) is 42.1 Å². The number of nitrogens with zero attached hydrogens (tertiary/aromatic N) is 1. The lowest BCUT2D eigenvalue weighted by Gasteiger charge is -2.18. The number of hydrogen-bond donors (Lipinski definition) is 1. The molecule has 1 unspecified atom stereocenters. The van der Waals surface area contributed by atoms with Crippen molar-refractivity contribution in [1.29, 1.82) is 0 Å². The SMILES string of the molecule is CNC(CSCC(C)C)c1cccc2ncccc12. The fourth-order valence-electron chi connectivity index (χ4n) is 2.18. The molecule has 0 saturated carbocycles. The molecule has 0 spiro atoms. The molecular weight excluding hydrogens is 252 g/mol. The van der Waals surface area contributed by atoms with Gasteiger partial charge in [-0.15, -0.1) is 0 Å². The molecule has 1 heterocycles. The van der Waals surface area contributed by atoms with Gasteiger partial charge in [0.15, 0.2) is 0 Å². The predicted molar refractivity (Wildman–Crippen MR) is 85.7 cm³/mol. The Morgan fingerprint density at radius 1 is 1.16 bits per heavy atom. The van der Waals surface area contributed by atoms with Crippen LogP contribution in [0.5, 0.6) is 0 Å². The third-order valence-corrected chi connectivity index (χ3v) is 4.61. The topological polar surface area (TPSA) is 24.9 Å². The molecule has 1 aromatic carbocycles. The van der Waals surface area contributed by atoms with Crippen LogP contribution in [0.4, 0.5) is 0 Å². The Morgan fingerprint density at radius 3 is 2.74 bits per heavy atom. The van der Waals surface area contributed by atoms with E-state index in [1.54, 1.807) is 0 Å². The molecule has 0 radical (unpaired) electrons. The van der Waals surface area contributed by atoms with Crippen molar-refractivity contribution in [3.8, 4) is 0 Å². The first-order chi connectivity index (χ1) is 9.22. The van der Waals surface area contributed by atoms with E-state index in [2.05, 4.69) is 48.4 Å². The fraction of sp³-hybridized carbons (Fsp3) is 0.438. The van der Waals surface area contributed by atoms with Gasteiger partial charge in [0.25, 0.3) is 0 Å². The van der Waals surface area contributed by atoms with E-state index in [0.29, 0.717) is 6.04 Å². The summed E-state index contributed by atoms with van der Waals surface area (Å²) in [7, 11) is 2.04. The molecule has 0 fully saturated rings. The van der Waals surface area contributed by atoms with Crippen molar-refractivity contribution in [2.75, 3.05) is 18.6 Å². The summed E-state index contributed by atoms with van der Waals surface area (Å²) < 4.78 is 0. The molecule has 0 aliphatic rings. The molecule has 0 amide bonds. The smallest absolute Gasteiger partial charge is 0.0705 e. The molecular formula is C16H22N2S. The highest BCUT2D eigenvalue weighted by Gasteiger charge is 2.12. The Morgan fingerprint density at radius 2 is 2.00 bits per heavy atom. The van der Waals surface area contributed by atoms with E-state index in [0.717, 1.165) is 17.2 Å². The van der Waals surface area contributed by atoms with Crippen molar-refractivity contribution in [2.24, 2.45) is 5.92 Å². The van der Waals surface area contributed by atoms with Crippen molar-refractivity contribution < 1.29 is 0 Å². The van der Waals surface area contributed by atoms with Gasteiger partial charge < -0.3 is 5.32 Å². The van der Waals surface area contributed by atoms with Crippen LogP contribution in [0.2, 0.25) is 0 Å².